The van der Waals surface area contributed by atoms with E-state index in [1.54, 1.807) is 0 Å². The predicted molar refractivity (Wildman–Crippen MR) is 61.7 cm³/mol. The monoisotopic (exact) mass is 196 g/mol. The third-order valence-electron chi connectivity index (χ3n) is 2.57. The van der Waals surface area contributed by atoms with Gasteiger partial charge in [-0.1, -0.05) is 37.6 Å². The fraction of sp³-hybridized carbons (Fsp3) is 0.538. The molecule has 14 heavy (non-hydrogen) atoms. The van der Waals surface area contributed by atoms with Crippen LogP contribution in [0.4, 0.5) is 4.39 Å². The first-order valence-corrected chi connectivity index (χ1v) is 5.10. The van der Waals surface area contributed by atoms with Crippen molar-refractivity contribution in [2.45, 2.75) is 40.0 Å². The summed E-state index contributed by atoms with van der Waals surface area (Å²) >= 11 is 0. The van der Waals surface area contributed by atoms with Crippen LogP contribution in [-0.4, -0.2) is 7.18 Å². The largest absolute Gasteiger partial charge is 0.255 e. The molecule has 0 saturated heterocycles. The van der Waals surface area contributed by atoms with Crippen LogP contribution in [0.5, 0.6) is 0 Å². The van der Waals surface area contributed by atoms with E-state index in [1.807, 2.05) is 0 Å². The molecule has 1 heteroatoms. The molecule has 0 bridgehead atoms. The minimum absolute atomic E-state index is 0.500. The third-order valence-corrected chi connectivity index (χ3v) is 2.57. The van der Waals surface area contributed by atoms with Crippen LogP contribution < -0.4 is 0 Å². The molecular formula is C13H21F. The number of hydrogen-bond donors (Lipinski definition) is 0. The van der Waals surface area contributed by atoms with Crippen molar-refractivity contribution in [3.8, 4) is 0 Å². The molecule has 0 heterocycles. The normalized spacial score (nSPS) is 11.6. The van der Waals surface area contributed by atoms with Crippen molar-refractivity contribution in [1.82, 2.24) is 0 Å². The SMILES string of the molecule is CC[C@@H](C)c1ccc(C)cc1C.CF. The van der Waals surface area contributed by atoms with E-state index in [-0.39, 0.29) is 0 Å². The molecular weight excluding hydrogens is 175 g/mol. The zero-order chi connectivity index (χ0) is 11.1. The van der Waals surface area contributed by atoms with Crippen molar-refractivity contribution in [3.05, 3.63) is 34.9 Å². The van der Waals surface area contributed by atoms with Gasteiger partial charge in [0.2, 0.25) is 0 Å². The first kappa shape index (κ1) is 13.2. The molecule has 1 aromatic carbocycles. The maximum absolute atomic E-state index is 9.50. The van der Waals surface area contributed by atoms with E-state index in [2.05, 4.69) is 45.9 Å². The highest BCUT2D eigenvalue weighted by molar-refractivity contribution is 5.32. The second kappa shape index (κ2) is 6.58. The molecule has 1 aromatic rings. The van der Waals surface area contributed by atoms with Crippen LogP contribution in [0.25, 0.3) is 0 Å². The summed E-state index contributed by atoms with van der Waals surface area (Å²) in [5.74, 6) is 0.700. The lowest BCUT2D eigenvalue weighted by Gasteiger charge is -2.12. The summed E-state index contributed by atoms with van der Waals surface area (Å²) in [7, 11) is 0.500. The van der Waals surface area contributed by atoms with Crippen LogP contribution in [-0.2, 0) is 0 Å². The fourth-order valence-corrected chi connectivity index (χ4v) is 1.60. The standard InChI is InChI=1S/C12H18.CH3F/c1-5-10(3)12-7-6-9(2)8-11(12)4;1-2/h6-8,10H,5H2,1-4H3;1H3/t10-;/m1./s1. The van der Waals surface area contributed by atoms with Gasteiger partial charge in [0.25, 0.3) is 0 Å². The van der Waals surface area contributed by atoms with E-state index < -0.39 is 0 Å². The van der Waals surface area contributed by atoms with Gasteiger partial charge in [-0.2, -0.15) is 0 Å². The van der Waals surface area contributed by atoms with Crippen LogP contribution in [0, 0.1) is 13.8 Å². The van der Waals surface area contributed by atoms with Gasteiger partial charge in [0, 0.05) is 0 Å². The van der Waals surface area contributed by atoms with Gasteiger partial charge in [-0.25, -0.2) is 0 Å². The van der Waals surface area contributed by atoms with Crippen LogP contribution in [0.3, 0.4) is 0 Å². The van der Waals surface area contributed by atoms with Crippen molar-refractivity contribution < 1.29 is 4.39 Å². The van der Waals surface area contributed by atoms with E-state index >= 15 is 0 Å². The lowest BCUT2D eigenvalue weighted by atomic mass is 9.93. The quantitative estimate of drug-likeness (QED) is 0.657. The lowest BCUT2D eigenvalue weighted by Crippen LogP contribution is -1.94. The molecule has 0 saturated carbocycles. The summed E-state index contributed by atoms with van der Waals surface area (Å²) in [5.41, 5.74) is 4.30. The Bertz CT molecular complexity index is 266. The van der Waals surface area contributed by atoms with Crippen molar-refractivity contribution in [1.29, 1.82) is 0 Å². The summed E-state index contributed by atoms with van der Waals surface area (Å²) in [6.07, 6.45) is 1.23. The molecule has 0 unspecified atom stereocenters. The molecule has 0 aliphatic rings. The Morgan fingerprint density at radius 1 is 1.21 bits per heavy atom. The number of aryl methyl sites for hydroxylation is 2. The van der Waals surface area contributed by atoms with Crippen molar-refractivity contribution in [2.24, 2.45) is 0 Å². The molecule has 0 nitrogen and oxygen atoms in total. The average molecular weight is 196 g/mol. The molecule has 1 atom stereocenters. The maximum Gasteiger partial charge on any atom is 0.0785 e. The molecule has 0 aromatic heterocycles. The van der Waals surface area contributed by atoms with Crippen LogP contribution >= 0.6 is 0 Å². The van der Waals surface area contributed by atoms with Crippen molar-refractivity contribution >= 4 is 0 Å². The van der Waals surface area contributed by atoms with E-state index in [9.17, 15) is 4.39 Å². The van der Waals surface area contributed by atoms with Gasteiger partial charge in [-0.15, -0.1) is 0 Å². The predicted octanol–water partition coefficient (Wildman–Crippen LogP) is 4.40. The second-order valence-electron chi connectivity index (χ2n) is 3.67. The molecule has 0 radical (unpaired) electrons. The fourth-order valence-electron chi connectivity index (χ4n) is 1.60. The lowest BCUT2D eigenvalue weighted by molar-refractivity contribution is 0.636. The highest BCUT2D eigenvalue weighted by Crippen LogP contribution is 2.22. The zero-order valence-corrected chi connectivity index (χ0v) is 9.89. The summed E-state index contributed by atoms with van der Waals surface area (Å²) in [5, 5.41) is 0. The van der Waals surface area contributed by atoms with Gasteiger partial charge in [0.05, 0.1) is 7.18 Å². The minimum Gasteiger partial charge on any atom is -0.255 e. The number of benzene rings is 1. The minimum atomic E-state index is 0.500. The van der Waals surface area contributed by atoms with Crippen molar-refractivity contribution in [3.63, 3.8) is 0 Å². The molecule has 0 spiro atoms. The highest BCUT2D eigenvalue weighted by Gasteiger charge is 2.04. The molecule has 0 aliphatic heterocycles. The summed E-state index contributed by atoms with van der Waals surface area (Å²) < 4.78 is 9.50. The van der Waals surface area contributed by atoms with Gasteiger partial charge in [-0.3, -0.25) is 4.39 Å². The Morgan fingerprint density at radius 2 is 1.79 bits per heavy atom. The molecule has 0 N–H and O–H groups in total. The van der Waals surface area contributed by atoms with Crippen molar-refractivity contribution in [2.75, 3.05) is 7.18 Å². The zero-order valence-electron chi connectivity index (χ0n) is 9.89. The van der Waals surface area contributed by atoms with Crippen LogP contribution in [0.2, 0.25) is 0 Å². The molecule has 0 amide bonds. The second-order valence-corrected chi connectivity index (χ2v) is 3.67. The molecule has 0 fully saturated rings. The van der Waals surface area contributed by atoms with Gasteiger partial charge < -0.3 is 0 Å². The van der Waals surface area contributed by atoms with Crippen LogP contribution in [0.15, 0.2) is 18.2 Å². The Hall–Kier alpha value is -0.850. The summed E-state index contributed by atoms with van der Waals surface area (Å²) in [6.45, 7) is 8.88. The molecule has 1 rings (SSSR count). The third kappa shape index (κ3) is 3.49. The Kier molecular flexibility index (Phi) is 6.18. The first-order chi connectivity index (χ1) is 6.65. The highest BCUT2D eigenvalue weighted by atomic mass is 19.1. The average Bonchev–Trinajstić information content (AvgIpc) is 2.20. The topological polar surface area (TPSA) is 0 Å². The summed E-state index contributed by atoms with van der Waals surface area (Å²) in [6, 6.07) is 6.73. The Labute approximate surface area is 87.2 Å². The summed E-state index contributed by atoms with van der Waals surface area (Å²) in [4.78, 5) is 0. The first-order valence-electron chi connectivity index (χ1n) is 5.10. The van der Waals surface area contributed by atoms with Gasteiger partial charge in [-0.05, 0) is 37.3 Å². The Balaban J connectivity index is 0.000000791. The van der Waals surface area contributed by atoms with Crippen LogP contribution in [0.1, 0.15) is 42.9 Å². The van der Waals surface area contributed by atoms with Gasteiger partial charge in [0.15, 0.2) is 0 Å². The van der Waals surface area contributed by atoms with E-state index in [4.69, 9.17) is 0 Å². The van der Waals surface area contributed by atoms with Gasteiger partial charge >= 0.3 is 0 Å². The smallest absolute Gasteiger partial charge is 0.0785 e. The van der Waals surface area contributed by atoms with E-state index in [1.165, 1.54) is 23.1 Å². The number of hydrogen-bond acceptors (Lipinski definition) is 0. The van der Waals surface area contributed by atoms with Gasteiger partial charge in [0.1, 0.15) is 0 Å². The van der Waals surface area contributed by atoms with E-state index in [0.717, 1.165) is 0 Å². The maximum atomic E-state index is 9.50. The number of rotatable bonds is 2. The molecule has 80 valence electrons. The molecule has 0 aliphatic carbocycles. The van der Waals surface area contributed by atoms with E-state index in [0.29, 0.717) is 13.1 Å². The number of alkyl halides is 1. The Morgan fingerprint density at radius 3 is 2.21 bits per heavy atom. The number of halogens is 1.